The van der Waals surface area contributed by atoms with E-state index in [-0.39, 0.29) is 11.8 Å². The van der Waals surface area contributed by atoms with Crippen LogP contribution in [0.2, 0.25) is 0 Å². The standard InChI is InChI=1S/C18H28N2O4/c1-4-23-12-13-24-15(2)18(22)20(11-10-19-16(3)21)14-17-8-6-5-7-9-17/h5-9,15H,4,10-14H2,1-3H3,(H,19,21)/t15-/m1/s1. The Balaban J connectivity index is 2.60. The summed E-state index contributed by atoms with van der Waals surface area (Å²) in [6, 6.07) is 9.76. The van der Waals surface area contributed by atoms with Crippen LogP contribution in [0.3, 0.4) is 0 Å². The van der Waals surface area contributed by atoms with Crippen LogP contribution in [-0.4, -0.2) is 55.7 Å². The van der Waals surface area contributed by atoms with E-state index >= 15 is 0 Å². The van der Waals surface area contributed by atoms with Crippen molar-refractivity contribution >= 4 is 11.8 Å². The van der Waals surface area contributed by atoms with Gasteiger partial charge in [0.15, 0.2) is 0 Å². The maximum absolute atomic E-state index is 12.6. The highest BCUT2D eigenvalue weighted by atomic mass is 16.5. The number of ether oxygens (including phenoxy) is 2. The number of hydrogen-bond donors (Lipinski definition) is 1. The molecule has 0 saturated carbocycles. The Morgan fingerprint density at radius 1 is 1.21 bits per heavy atom. The predicted octanol–water partition coefficient (Wildman–Crippen LogP) is 1.59. The fourth-order valence-electron chi connectivity index (χ4n) is 2.19. The average molecular weight is 336 g/mol. The minimum absolute atomic E-state index is 0.0966. The average Bonchev–Trinajstić information content (AvgIpc) is 2.57. The van der Waals surface area contributed by atoms with Gasteiger partial charge in [0.05, 0.1) is 13.2 Å². The largest absolute Gasteiger partial charge is 0.379 e. The van der Waals surface area contributed by atoms with Crippen LogP contribution in [0.1, 0.15) is 26.3 Å². The van der Waals surface area contributed by atoms with Crippen molar-refractivity contribution in [2.75, 3.05) is 32.9 Å². The van der Waals surface area contributed by atoms with Gasteiger partial charge in [-0.3, -0.25) is 9.59 Å². The molecule has 0 bridgehead atoms. The summed E-state index contributed by atoms with van der Waals surface area (Å²) < 4.78 is 10.8. The van der Waals surface area contributed by atoms with Crippen LogP contribution in [0.5, 0.6) is 0 Å². The molecule has 2 amide bonds. The highest BCUT2D eigenvalue weighted by molar-refractivity contribution is 5.80. The van der Waals surface area contributed by atoms with Crippen LogP contribution >= 0.6 is 0 Å². The Bertz CT molecular complexity index is 493. The highest BCUT2D eigenvalue weighted by Crippen LogP contribution is 2.07. The van der Waals surface area contributed by atoms with Gasteiger partial charge in [-0.25, -0.2) is 0 Å². The van der Waals surface area contributed by atoms with Gasteiger partial charge in [0.1, 0.15) is 6.10 Å². The lowest BCUT2D eigenvalue weighted by atomic mass is 10.2. The van der Waals surface area contributed by atoms with Gasteiger partial charge in [0.25, 0.3) is 5.91 Å². The molecule has 0 fully saturated rings. The van der Waals surface area contributed by atoms with Crippen LogP contribution in [-0.2, 0) is 25.6 Å². The zero-order valence-electron chi connectivity index (χ0n) is 14.8. The van der Waals surface area contributed by atoms with E-state index in [1.165, 1.54) is 6.92 Å². The monoisotopic (exact) mass is 336 g/mol. The lowest BCUT2D eigenvalue weighted by Crippen LogP contribution is -2.43. The molecule has 6 nitrogen and oxygen atoms in total. The predicted molar refractivity (Wildman–Crippen MR) is 92.4 cm³/mol. The molecule has 0 spiro atoms. The third-order valence-electron chi connectivity index (χ3n) is 3.43. The Kier molecular flexibility index (Phi) is 9.72. The molecule has 1 aromatic rings. The first-order valence-corrected chi connectivity index (χ1v) is 8.31. The number of carbonyl (C=O) groups excluding carboxylic acids is 2. The van der Waals surface area contributed by atoms with E-state index in [4.69, 9.17) is 9.47 Å². The van der Waals surface area contributed by atoms with Gasteiger partial charge in [-0.05, 0) is 19.4 Å². The summed E-state index contributed by atoms with van der Waals surface area (Å²) >= 11 is 0. The van der Waals surface area contributed by atoms with Crippen LogP contribution in [0.15, 0.2) is 30.3 Å². The van der Waals surface area contributed by atoms with E-state index in [0.717, 1.165) is 5.56 Å². The topological polar surface area (TPSA) is 67.9 Å². The van der Waals surface area contributed by atoms with Gasteiger partial charge in [-0.15, -0.1) is 0 Å². The summed E-state index contributed by atoms with van der Waals surface area (Å²) in [5.74, 6) is -0.205. The zero-order chi connectivity index (χ0) is 17.8. The maximum atomic E-state index is 12.6. The molecule has 0 aliphatic rings. The lowest BCUT2D eigenvalue weighted by molar-refractivity contribution is -0.144. The summed E-state index contributed by atoms with van der Waals surface area (Å²) in [7, 11) is 0. The molecule has 1 atom stereocenters. The Morgan fingerprint density at radius 3 is 2.54 bits per heavy atom. The van der Waals surface area contributed by atoms with Crippen molar-refractivity contribution in [3.63, 3.8) is 0 Å². The van der Waals surface area contributed by atoms with Gasteiger partial charge >= 0.3 is 0 Å². The van der Waals surface area contributed by atoms with Gasteiger partial charge in [0, 0.05) is 33.2 Å². The molecule has 0 aromatic heterocycles. The van der Waals surface area contributed by atoms with Crippen molar-refractivity contribution in [3.8, 4) is 0 Å². The number of rotatable bonds is 11. The van der Waals surface area contributed by atoms with Gasteiger partial charge < -0.3 is 19.7 Å². The highest BCUT2D eigenvalue weighted by Gasteiger charge is 2.21. The van der Waals surface area contributed by atoms with Gasteiger partial charge in [-0.2, -0.15) is 0 Å². The number of amides is 2. The van der Waals surface area contributed by atoms with E-state index in [2.05, 4.69) is 5.32 Å². The second kappa shape index (κ2) is 11.6. The number of hydrogen-bond acceptors (Lipinski definition) is 4. The van der Waals surface area contributed by atoms with E-state index in [0.29, 0.717) is 39.5 Å². The Labute approximate surface area is 144 Å². The van der Waals surface area contributed by atoms with Crippen LogP contribution in [0.4, 0.5) is 0 Å². The number of benzene rings is 1. The summed E-state index contributed by atoms with van der Waals surface area (Å²) in [5, 5.41) is 2.72. The van der Waals surface area contributed by atoms with Crippen molar-refractivity contribution in [3.05, 3.63) is 35.9 Å². The SMILES string of the molecule is CCOCCO[C@H](C)C(=O)N(CCNC(C)=O)Cc1ccccc1. The first-order valence-electron chi connectivity index (χ1n) is 8.31. The summed E-state index contributed by atoms with van der Waals surface area (Å²) in [4.78, 5) is 25.4. The fourth-order valence-corrected chi connectivity index (χ4v) is 2.19. The molecule has 0 aliphatic heterocycles. The molecule has 0 aliphatic carbocycles. The third kappa shape index (κ3) is 8.08. The van der Waals surface area contributed by atoms with Crippen LogP contribution in [0.25, 0.3) is 0 Å². The van der Waals surface area contributed by atoms with Crippen molar-refractivity contribution in [1.29, 1.82) is 0 Å². The third-order valence-corrected chi connectivity index (χ3v) is 3.43. The smallest absolute Gasteiger partial charge is 0.251 e. The molecule has 0 heterocycles. The molecule has 0 saturated heterocycles. The molecule has 0 unspecified atom stereocenters. The van der Waals surface area contributed by atoms with Gasteiger partial charge in [0.2, 0.25) is 5.91 Å². The van der Waals surface area contributed by atoms with E-state index < -0.39 is 6.10 Å². The minimum Gasteiger partial charge on any atom is -0.379 e. The first-order chi connectivity index (χ1) is 11.5. The molecule has 0 radical (unpaired) electrons. The molecule has 1 aromatic carbocycles. The van der Waals surface area contributed by atoms with Crippen LogP contribution < -0.4 is 5.32 Å². The van der Waals surface area contributed by atoms with E-state index in [1.54, 1.807) is 11.8 Å². The molecule has 1 rings (SSSR count). The van der Waals surface area contributed by atoms with Crippen molar-refractivity contribution in [2.45, 2.75) is 33.4 Å². The fraction of sp³-hybridized carbons (Fsp3) is 0.556. The second-order valence-corrected chi connectivity index (χ2v) is 5.44. The second-order valence-electron chi connectivity index (χ2n) is 5.44. The molecule has 134 valence electrons. The lowest BCUT2D eigenvalue weighted by Gasteiger charge is -2.26. The van der Waals surface area contributed by atoms with Crippen LogP contribution in [0, 0.1) is 0 Å². The van der Waals surface area contributed by atoms with Gasteiger partial charge in [-0.1, -0.05) is 30.3 Å². The number of nitrogens with zero attached hydrogens (tertiary/aromatic N) is 1. The first kappa shape index (κ1) is 20.1. The van der Waals surface area contributed by atoms with Crippen molar-refractivity contribution in [1.82, 2.24) is 10.2 Å². The quantitative estimate of drug-likeness (QED) is 0.623. The van der Waals surface area contributed by atoms with E-state index in [1.807, 2.05) is 37.3 Å². The van der Waals surface area contributed by atoms with Crippen molar-refractivity contribution in [2.24, 2.45) is 0 Å². The normalized spacial score (nSPS) is 11.8. The summed E-state index contributed by atoms with van der Waals surface area (Å²) in [6.07, 6.45) is -0.550. The maximum Gasteiger partial charge on any atom is 0.251 e. The molecule has 24 heavy (non-hydrogen) atoms. The minimum atomic E-state index is -0.550. The molecule has 6 heteroatoms. The van der Waals surface area contributed by atoms with Crippen molar-refractivity contribution < 1.29 is 19.1 Å². The zero-order valence-corrected chi connectivity index (χ0v) is 14.8. The summed E-state index contributed by atoms with van der Waals surface area (Å²) in [6.45, 7) is 7.93. The Morgan fingerprint density at radius 2 is 1.92 bits per heavy atom. The number of nitrogens with one attached hydrogen (secondary N) is 1. The molecule has 1 N–H and O–H groups in total. The number of carbonyl (C=O) groups is 2. The molecular formula is C18H28N2O4. The van der Waals surface area contributed by atoms with E-state index in [9.17, 15) is 9.59 Å². The summed E-state index contributed by atoms with van der Waals surface area (Å²) in [5.41, 5.74) is 1.04. The Hall–Kier alpha value is -1.92. The molecular weight excluding hydrogens is 308 g/mol.